The number of benzene rings is 2. The second kappa shape index (κ2) is 5.88. The smallest absolute Gasteiger partial charge is 0.0557 e. The lowest BCUT2D eigenvalue weighted by Crippen LogP contribution is -2.16. The number of halogens is 2. The van der Waals surface area contributed by atoms with Crippen LogP contribution in [0.15, 0.2) is 28.7 Å². The summed E-state index contributed by atoms with van der Waals surface area (Å²) in [6, 6.07) is 7.98. The van der Waals surface area contributed by atoms with Crippen LogP contribution < -0.4 is 5.73 Å². The van der Waals surface area contributed by atoms with Gasteiger partial charge < -0.3 is 5.73 Å². The molecular formula is C17H19BrClN. The molecule has 0 saturated carbocycles. The molecule has 0 aromatic heterocycles. The van der Waals surface area contributed by atoms with Crippen LogP contribution in [0, 0.1) is 27.7 Å². The summed E-state index contributed by atoms with van der Waals surface area (Å²) in [5.41, 5.74) is 13.8. The highest BCUT2D eigenvalue weighted by Gasteiger charge is 2.17. The van der Waals surface area contributed by atoms with Gasteiger partial charge in [0.25, 0.3) is 0 Å². The predicted molar refractivity (Wildman–Crippen MR) is 90.6 cm³/mol. The minimum atomic E-state index is -0.154. The van der Waals surface area contributed by atoms with Gasteiger partial charge in [0.2, 0.25) is 0 Å². The van der Waals surface area contributed by atoms with E-state index < -0.39 is 0 Å². The molecule has 3 heteroatoms. The second-order valence-electron chi connectivity index (χ2n) is 5.33. The van der Waals surface area contributed by atoms with Crippen LogP contribution in [-0.4, -0.2) is 0 Å². The van der Waals surface area contributed by atoms with Crippen LogP contribution in [0.5, 0.6) is 0 Å². The quantitative estimate of drug-likeness (QED) is 0.771. The van der Waals surface area contributed by atoms with Crippen LogP contribution in [0.3, 0.4) is 0 Å². The first-order valence-electron chi connectivity index (χ1n) is 6.60. The third-order valence-corrected chi connectivity index (χ3v) is 5.27. The summed E-state index contributed by atoms with van der Waals surface area (Å²) in [6.07, 6.45) is 0. The first-order valence-corrected chi connectivity index (χ1v) is 7.77. The van der Waals surface area contributed by atoms with Gasteiger partial charge in [-0.2, -0.15) is 0 Å². The highest BCUT2D eigenvalue weighted by Crippen LogP contribution is 2.32. The molecule has 0 bridgehead atoms. The Balaban J connectivity index is 2.58. The van der Waals surface area contributed by atoms with E-state index in [0.29, 0.717) is 5.02 Å². The fourth-order valence-corrected chi connectivity index (χ4v) is 3.02. The first-order chi connectivity index (χ1) is 9.32. The zero-order chi connectivity index (χ0) is 15.0. The highest BCUT2D eigenvalue weighted by molar-refractivity contribution is 9.10. The Morgan fingerprint density at radius 2 is 1.55 bits per heavy atom. The van der Waals surface area contributed by atoms with Crippen LogP contribution in [0.25, 0.3) is 0 Å². The van der Waals surface area contributed by atoms with E-state index in [9.17, 15) is 0 Å². The summed E-state index contributed by atoms with van der Waals surface area (Å²) in [5.74, 6) is 0. The van der Waals surface area contributed by atoms with Gasteiger partial charge in [-0.1, -0.05) is 23.7 Å². The third-order valence-electron chi connectivity index (χ3n) is 4.04. The maximum absolute atomic E-state index is 6.50. The fraction of sp³-hybridized carbons (Fsp3) is 0.294. The molecule has 1 atom stereocenters. The molecule has 0 spiro atoms. The zero-order valence-electron chi connectivity index (χ0n) is 12.2. The van der Waals surface area contributed by atoms with E-state index >= 15 is 0 Å². The number of hydrogen-bond acceptors (Lipinski definition) is 1. The van der Waals surface area contributed by atoms with Crippen LogP contribution in [0.1, 0.15) is 39.4 Å². The van der Waals surface area contributed by atoms with E-state index in [0.717, 1.165) is 10.0 Å². The molecule has 2 aromatic rings. The van der Waals surface area contributed by atoms with E-state index in [-0.39, 0.29) is 6.04 Å². The van der Waals surface area contributed by atoms with Gasteiger partial charge in [-0.25, -0.2) is 0 Å². The van der Waals surface area contributed by atoms with Crippen molar-refractivity contribution in [2.45, 2.75) is 33.7 Å². The SMILES string of the molecule is Cc1cc(C)c(C)c(C(N)c2ccc(Br)c(Cl)c2)c1C. The molecule has 0 fully saturated rings. The monoisotopic (exact) mass is 351 g/mol. The molecular weight excluding hydrogens is 334 g/mol. The van der Waals surface area contributed by atoms with Crippen molar-refractivity contribution in [3.63, 3.8) is 0 Å². The van der Waals surface area contributed by atoms with Gasteiger partial charge in [0.15, 0.2) is 0 Å². The van der Waals surface area contributed by atoms with Crippen molar-refractivity contribution >= 4 is 27.5 Å². The Kier molecular flexibility index (Phi) is 4.58. The summed E-state index contributed by atoms with van der Waals surface area (Å²) in [7, 11) is 0. The van der Waals surface area contributed by atoms with E-state index in [1.54, 1.807) is 0 Å². The van der Waals surface area contributed by atoms with Gasteiger partial charge in [-0.3, -0.25) is 0 Å². The van der Waals surface area contributed by atoms with Crippen molar-refractivity contribution in [2.75, 3.05) is 0 Å². The lowest BCUT2D eigenvalue weighted by Gasteiger charge is -2.21. The van der Waals surface area contributed by atoms with Crippen molar-refractivity contribution in [1.82, 2.24) is 0 Å². The van der Waals surface area contributed by atoms with Crippen molar-refractivity contribution in [1.29, 1.82) is 0 Å². The van der Waals surface area contributed by atoms with Gasteiger partial charge >= 0.3 is 0 Å². The van der Waals surface area contributed by atoms with E-state index in [1.807, 2.05) is 18.2 Å². The zero-order valence-corrected chi connectivity index (χ0v) is 14.6. The molecule has 0 heterocycles. The van der Waals surface area contributed by atoms with Gasteiger partial charge in [0.05, 0.1) is 11.1 Å². The molecule has 0 amide bonds. The first kappa shape index (κ1) is 15.6. The van der Waals surface area contributed by atoms with Crippen molar-refractivity contribution in [2.24, 2.45) is 5.73 Å². The summed E-state index contributed by atoms with van der Waals surface area (Å²) >= 11 is 9.60. The topological polar surface area (TPSA) is 26.0 Å². The number of nitrogens with two attached hydrogens (primary N) is 1. The average Bonchev–Trinajstić information content (AvgIpc) is 2.40. The molecule has 106 valence electrons. The number of hydrogen-bond donors (Lipinski definition) is 1. The predicted octanol–water partition coefficient (Wildman–Crippen LogP) is 5.38. The summed E-state index contributed by atoms with van der Waals surface area (Å²) in [5, 5.41) is 0.692. The number of rotatable bonds is 2. The molecule has 20 heavy (non-hydrogen) atoms. The Morgan fingerprint density at radius 3 is 2.05 bits per heavy atom. The molecule has 0 aliphatic carbocycles. The van der Waals surface area contributed by atoms with Crippen molar-refractivity contribution in [3.05, 3.63) is 67.1 Å². The molecule has 2 rings (SSSR count). The van der Waals surface area contributed by atoms with E-state index in [4.69, 9.17) is 17.3 Å². The van der Waals surface area contributed by atoms with Gasteiger partial charge in [0, 0.05) is 4.47 Å². The molecule has 0 radical (unpaired) electrons. The molecule has 1 nitrogen and oxygen atoms in total. The van der Waals surface area contributed by atoms with Crippen LogP contribution in [0.4, 0.5) is 0 Å². The van der Waals surface area contributed by atoms with Crippen LogP contribution >= 0.6 is 27.5 Å². The van der Waals surface area contributed by atoms with Crippen molar-refractivity contribution < 1.29 is 0 Å². The maximum atomic E-state index is 6.50. The summed E-state index contributed by atoms with van der Waals surface area (Å²) < 4.78 is 0.893. The average molecular weight is 353 g/mol. The Morgan fingerprint density at radius 1 is 1.00 bits per heavy atom. The van der Waals surface area contributed by atoms with Gasteiger partial charge in [-0.05, 0) is 89.1 Å². The highest BCUT2D eigenvalue weighted by atomic mass is 79.9. The van der Waals surface area contributed by atoms with Crippen LogP contribution in [0.2, 0.25) is 5.02 Å². The third kappa shape index (κ3) is 2.78. The minimum Gasteiger partial charge on any atom is -0.320 e. The molecule has 0 aliphatic heterocycles. The molecule has 2 aromatic carbocycles. The Hall–Kier alpha value is -0.830. The van der Waals surface area contributed by atoms with Crippen molar-refractivity contribution in [3.8, 4) is 0 Å². The van der Waals surface area contributed by atoms with Gasteiger partial charge in [0.1, 0.15) is 0 Å². The number of aryl methyl sites for hydroxylation is 2. The second-order valence-corrected chi connectivity index (χ2v) is 6.59. The molecule has 0 aliphatic rings. The fourth-order valence-electron chi connectivity index (χ4n) is 2.59. The van der Waals surface area contributed by atoms with E-state index in [1.165, 1.54) is 27.8 Å². The molecule has 1 unspecified atom stereocenters. The Labute approximate surface area is 134 Å². The minimum absolute atomic E-state index is 0.154. The molecule has 0 saturated heterocycles. The Bertz CT molecular complexity index is 638. The molecule has 2 N–H and O–H groups in total. The largest absolute Gasteiger partial charge is 0.320 e. The van der Waals surface area contributed by atoms with Crippen LogP contribution in [-0.2, 0) is 0 Å². The maximum Gasteiger partial charge on any atom is 0.0557 e. The van der Waals surface area contributed by atoms with E-state index in [2.05, 4.69) is 49.7 Å². The lowest BCUT2D eigenvalue weighted by atomic mass is 9.87. The normalized spacial score (nSPS) is 12.6. The summed E-state index contributed by atoms with van der Waals surface area (Å²) in [4.78, 5) is 0. The van der Waals surface area contributed by atoms with Gasteiger partial charge in [-0.15, -0.1) is 0 Å². The standard InChI is InChI=1S/C17H19BrClN/c1-9-7-10(2)12(4)16(11(9)3)17(20)13-5-6-14(18)15(19)8-13/h5-8,17H,20H2,1-4H3. The summed E-state index contributed by atoms with van der Waals surface area (Å²) in [6.45, 7) is 8.54. The lowest BCUT2D eigenvalue weighted by molar-refractivity contribution is 0.845.